The lowest BCUT2D eigenvalue weighted by atomic mass is 10.1. The summed E-state index contributed by atoms with van der Waals surface area (Å²) in [6, 6.07) is 6.12. The highest BCUT2D eigenvalue weighted by Gasteiger charge is 2.27. The van der Waals surface area contributed by atoms with Crippen LogP contribution in [0, 0.1) is 11.6 Å². The first kappa shape index (κ1) is 16.9. The lowest BCUT2D eigenvalue weighted by Gasteiger charge is -2.40. The van der Waals surface area contributed by atoms with Crippen LogP contribution in [0.4, 0.5) is 8.78 Å². The molecule has 1 fully saturated rings. The van der Waals surface area contributed by atoms with Gasteiger partial charge in [0.2, 0.25) is 0 Å². The summed E-state index contributed by atoms with van der Waals surface area (Å²) in [5.41, 5.74) is 1.59. The number of rotatable bonds is 5. The summed E-state index contributed by atoms with van der Waals surface area (Å²) >= 11 is 0. The number of piperazine rings is 1. The van der Waals surface area contributed by atoms with E-state index in [9.17, 15) is 13.9 Å². The van der Waals surface area contributed by atoms with E-state index in [0.717, 1.165) is 24.5 Å². The van der Waals surface area contributed by atoms with Gasteiger partial charge in [0.1, 0.15) is 11.6 Å². The second kappa shape index (κ2) is 7.74. The zero-order valence-electron chi connectivity index (χ0n) is 13.3. The highest BCUT2D eigenvalue weighted by atomic mass is 19.1. The molecule has 0 unspecified atom stereocenters. The van der Waals surface area contributed by atoms with E-state index in [1.807, 2.05) is 0 Å². The first-order valence-corrected chi connectivity index (χ1v) is 7.92. The number of aliphatic hydroxyl groups excluding tert-OH is 1. The van der Waals surface area contributed by atoms with Crippen LogP contribution in [0.25, 0.3) is 0 Å². The van der Waals surface area contributed by atoms with Crippen molar-refractivity contribution in [2.45, 2.75) is 19.1 Å². The Labute approximate surface area is 139 Å². The van der Waals surface area contributed by atoms with E-state index in [1.54, 1.807) is 12.1 Å². The molecule has 128 valence electrons. The maximum atomic E-state index is 12.9. The molecule has 3 heterocycles. The Morgan fingerprint density at radius 3 is 2.12 bits per heavy atom. The SMILES string of the molecule is OC[C@H]1CN(Cc2ccc(F)cn2)CCN1Cc1ccc(F)cn1. The second-order valence-electron chi connectivity index (χ2n) is 5.98. The minimum Gasteiger partial charge on any atom is -0.395 e. The van der Waals surface area contributed by atoms with Gasteiger partial charge in [-0.05, 0) is 24.3 Å². The largest absolute Gasteiger partial charge is 0.395 e. The van der Waals surface area contributed by atoms with Crippen molar-refractivity contribution in [2.75, 3.05) is 26.2 Å². The van der Waals surface area contributed by atoms with E-state index in [0.29, 0.717) is 19.6 Å². The minimum absolute atomic E-state index is 0.0222. The van der Waals surface area contributed by atoms with Crippen LogP contribution in [-0.4, -0.2) is 57.2 Å². The number of aromatic nitrogens is 2. The highest BCUT2D eigenvalue weighted by molar-refractivity contribution is 5.07. The van der Waals surface area contributed by atoms with E-state index in [1.165, 1.54) is 24.5 Å². The summed E-state index contributed by atoms with van der Waals surface area (Å²) in [5, 5.41) is 9.69. The Morgan fingerprint density at radius 2 is 1.58 bits per heavy atom. The zero-order valence-corrected chi connectivity index (χ0v) is 13.3. The summed E-state index contributed by atoms with van der Waals surface area (Å²) in [6.45, 7) is 3.51. The Kier molecular flexibility index (Phi) is 5.44. The number of hydrogen-bond acceptors (Lipinski definition) is 5. The van der Waals surface area contributed by atoms with Crippen molar-refractivity contribution < 1.29 is 13.9 Å². The molecule has 2 aromatic rings. The average molecular weight is 334 g/mol. The van der Waals surface area contributed by atoms with Crippen LogP contribution in [-0.2, 0) is 13.1 Å². The van der Waals surface area contributed by atoms with Crippen molar-refractivity contribution in [2.24, 2.45) is 0 Å². The molecular formula is C17H20F2N4O. The molecule has 1 aliphatic rings. The van der Waals surface area contributed by atoms with Crippen LogP contribution in [0.5, 0.6) is 0 Å². The van der Waals surface area contributed by atoms with E-state index in [4.69, 9.17) is 0 Å². The van der Waals surface area contributed by atoms with Crippen LogP contribution in [0.3, 0.4) is 0 Å². The Balaban J connectivity index is 1.58. The van der Waals surface area contributed by atoms with Gasteiger partial charge in [-0.3, -0.25) is 19.8 Å². The Hall–Kier alpha value is -1.96. The van der Waals surface area contributed by atoms with Crippen LogP contribution in [0.1, 0.15) is 11.4 Å². The monoisotopic (exact) mass is 334 g/mol. The molecular weight excluding hydrogens is 314 g/mol. The summed E-state index contributed by atoms with van der Waals surface area (Å²) in [7, 11) is 0. The van der Waals surface area contributed by atoms with Gasteiger partial charge in [-0.25, -0.2) is 8.78 Å². The van der Waals surface area contributed by atoms with Crippen LogP contribution in [0.15, 0.2) is 36.7 Å². The first-order valence-electron chi connectivity index (χ1n) is 7.92. The highest BCUT2D eigenvalue weighted by Crippen LogP contribution is 2.15. The lowest BCUT2D eigenvalue weighted by Crippen LogP contribution is -2.53. The topological polar surface area (TPSA) is 52.5 Å². The Morgan fingerprint density at radius 1 is 0.958 bits per heavy atom. The Bertz CT molecular complexity index is 651. The summed E-state index contributed by atoms with van der Waals surface area (Å²) in [6.07, 6.45) is 2.43. The number of pyridine rings is 2. The van der Waals surface area contributed by atoms with Crippen LogP contribution in [0.2, 0.25) is 0 Å². The fourth-order valence-corrected chi connectivity index (χ4v) is 2.92. The van der Waals surface area contributed by atoms with Gasteiger partial charge in [0, 0.05) is 38.8 Å². The number of hydrogen-bond donors (Lipinski definition) is 1. The van der Waals surface area contributed by atoms with Gasteiger partial charge in [0.05, 0.1) is 30.4 Å². The predicted octanol–water partition coefficient (Wildman–Crippen LogP) is 1.43. The van der Waals surface area contributed by atoms with Gasteiger partial charge >= 0.3 is 0 Å². The molecule has 24 heavy (non-hydrogen) atoms. The average Bonchev–Trinajstić information content (AvgIpc) is 2.60. The molecule has 1 saturated heterocycles. The molecule has 0 saturated carbocycles. The summed E-state index contributed by atoms with van der Waals surface area (Å²) in [4.78, 5) is 12.5. The third kappa shape index (κ3) is 4.31. The maximum absolute atomic E-state index is 12.9. The molecule has 0 aromatic carbocycles. The van der Waals surface area contributed by atoms with Gasteiger partial charge < -0.3 is 5.11 Å². The molecule has 1 N–H and O–H groups in total. The van der Waals surface area contributed by atoms with E-state index in [-0.39, 0.29) is 24.3 Å². The molecule has 7 heteroatoms. The van der Waals surface area contributed by atoms with Gasteiger partial charge in [-0.1, -0.05) is 0 Å². The van der Waals surface area contributed by atoms with Crippen LogP contribution < -0.4 is 0 Å². The third-order valence-electron chi connectivity index (χ3n) is 4.23. The van der Waals surface area contributed by atoms with E-state index < -0.39 is 0 Å². The maximum Gasteiger partial charge on any atom is 0.141 e. The fourth-order valence-electron chi connectivity index (χ4n) is 2.92. The molecule has 0 amide bonds. The van der Waals surface area contributed by atoms with Gasteiger partial charge in [-0.15, -0.1) is 0 Å². The summed E-state index contributed by atoms with van der Waals surface area (Å²) < 4.78 is 25.9. The molecule has 5 nitrogen and oxygen atoms in total. The molecule has 2 aromatic heterocycles. The quantitative estimate of drug-likeness (QED) is 0.897. The smallest absolute Gasteiger partial charge is 0.141 e. The third-order valence-corrected chi connectivity index (χ3v) is 4.23. The summed E-state index contributed by atoms with van der Waals surface area (Å²) in [5.74, 6) is -0.697. The molecule has 0 spiro atoms. The normalized spacial score (nSPS) is 19.5. The standard InChI is InChI=1S/C17H20F2N4O/c18-13-1-3-15(20-7-13)9-22-5-6-23(17(11-22)12-24)10-16-4-2-14(19)8-21-16/h1-4,7-8,17,24H,5-6,9-12H2/t17-/m1/s1. The number of aliphatic hydroxyl groups is 1. The van der Waals surface area contributed by atoms with Crippen molar-refractivity contribution in [3.05, 3.63) is 59.7 Å². The van der Waals surface area contributed by atoms with Crippen molar-refractivity contribution in [3.63, 3.8) is 0 Å². The first-order chi connectivity index (χ1) is 11.6. The second-order valence-corrected chi connectivity index (χ2v) is 5.98. The number of nitrogens with zero attached hydrogens (tertiary/aromatic N) is 4. The molecule has 1 atom stereocenters. The predicted molar refractivity (Wildman–Crippen MR) is 85.0 cm³/mol. The van der Waals surface area contributed by atoms with Gasteiger partial charge in [0.15, 0.2) is 0 Å². The van der Waals surface area contributed by atoms with Crippen molar-refractivity contribution in [1.29, 1.82) is 0 Å². The molecule has 1 aliphatic heterocycles. The van der Waals surface area contributed by atoms with E-state index >= 15 is 0 Å². The van der Waals surface area contributed by atoms with E-state index in [2.05, 4.69) is 19.8 Å². The molecule has 0 bridgehead atoms. The minimum atomic E-state index is -0.353. The molecule has 3 rings (SSSR count). The van der Waals surface area contributed by atoms with Crippen LogP contribution >= 0.6 is 0 Å². The van der Waals surface area contributed by atoms with Gasteiger partial charge in [0.25, 0.3) is 0 Å². The van der Waals surface area contributed by atoms with Crippen molar-refractivity contribution in [3.8, 4) is 0 Å². The van der Waals surface area contributed by atoms with Crippen molar-refractivity contribution in [1.82, 2.24) is 19.8 Å². The number of halogens is 2. The van der Waals surface area contributed by atoms with Gasteiger partial charge in [-0.2, -0.15) is 0 Å². The molecule has 0 aliphatic carbocycles. The molecule has 0 radical (unpaired) electrons. The van der Waals surface area contributed by atoms with Crippen molar-refractivity contribution >= 4 is 0 Å². The fraction of sp³-hybridized carbons (Fsp3) is 0.412. The lowest BCUT2D eigenvalue weighted by molar-refractivity contribution is 0.0303. The zero-order chi connectivity index (χ0) is 16.9.